The van der Waals surface area contributed by atoms with Gasteiger partial charge < -0.3 is 14.6 Å². The Morgan fingerprint density at radius 2 is 1.86 bits per heavy atom. The van der Waals surface area contributed by atoms with E-state index in [1.807, 2.05) is 4.90 Å². The highest BCUT2D eigenvalue weighted by atomic mass is 35.5. The zero-order chi connectivity index (χ0) is 19.9. The van der Waals surface area contributed by atoms with Crippen LogP contribution in [0.3, 0.4) is 0 Å². The zero-order valence-corrected chi connectivity index (χ0v) is 18.4. The van der Waals surface area contributed by atoms with Crippen LogP contribution in [-0.2, 0) is 9.63 Å². The highest BCUT2D eigenvalue weighted by Crippen LogP contribution is 2.46. The van der Waals surface area contributed by atoms with Crippen molar-refractivity contribution in [2.45, 2.75) is 58.5 Å². The lowest BCUT2D eigenvalue weighted by atomic mass is 9.67. The lowest BCUT2D eigenvalue weighted by Gasteiger charge is -2.40. The molecule has 2 aliphatic heterocycles. The number of hydrogen-bond donors (Lipinski definition) is 0. The van der Waals surface area contributed by atoms with Gasteiger partial charge in [-0.2, -0.15) is 8.75 Å². The summed E-state index contributed by atoms with van der Waals surface area (Å²) in [6, 6.07) is 0. The van der Waals surface area contributed by atoms with Crippen molar-refractivity contribution in [1.82, 2.24) is 13.6 Å². The van der Waals surface area contributed by atoms with E-state index < -0.39 is 0 Å². The molecule has 154 valence electrons. The van der Waals surface area contributed by atoms with Crippen molar-refractivity contribution in [1.29, 1.82) is 0 Å². The fourth-order valence-electron chi connectivity index (χ4n) is 4.58. The first-order valence-corrected chi connectivity index (χ1v) is 11.2. The van der Waals surface area contributed by atoms with E-state index >= 15 is 0 Å². The van der Waals surface area contributed by atoms with Gasteiger partial charge in [-0.05, 0) is 37.0 Å². The minimum Gasteiger partial charge on any atom is -0.388 e. The van der Waals surface area contributed by atoms with Gasteiger partial charge in [0.15, 0.2) is 11.0 Å². The number of halogens is 1. The van der Waals surface area contributed by atoms with E-state index in [1.54, 1.807) is 0 Å². The molecule has 0 bridgehead atoms. The van der Waals surface area contributed by atoms with E-state index in [0.29, 0.717) is 54.8 Å². The Labute approximate surface area is 175 Å². The Morgan fingerprint density at radius 1 is 1.18 bits per heavy atom. The summed E-state index contributed by atoms with van der Waals surface area (Å²) in [7, 11) is 0. The van der Waals surface area contributed by atoms with E-state index in [1.165, 1.54) is 0 Å². The Morgan fingerprint density at radius 3 is 2.43 bits per heavy atom. The zero-order valence-electron chi connectivity index (χ0n) is 16.8. The van der Waals surface area contributed by atoms with Crippen LogP contribution < -0.4 is 4.90 Å². The molecule has 1 saturated carbocycles. The summed E-state index contributed by atoms with van der Waals surface area (Å²) in [6.45, 7) is 9.59. The van der Waals surface area contributed by atoms with Gasteiger partial charge in [-0.3, -0.25) is 4.79 Å². The Balaban J connectivity index is 1.30. The van der Waals surface area contributed by atoms with E-state index in [9.17, 15) is 4.79 Å². The number of rotatable bonds is 2. The normalized spacial score (nSPS) is 28.4. The second-order valence-corrected chi connectivity index (χ2v) is 10.2. The molecule has 2 fully saturated rings. The average Bonchev–Trinajstić information content (AvgIpc) is 3.28. The highest BCUT2D eigenvalue weighted by molar-refractivity contribution is 6.99. The molecule has 9 heteroatoms. The van der Waals surface area contributed by atoms with Crippen molar-refractivity contribution in [2.24, 2.45) is 16.5 Å². The van der Waals surface area contributed by atoms with Crippen molar-refractivity contribution in [3.05, 3.63) is 5.15 Å². The minimum absolute atomic E-state index is 0.0111. The summed E-state index contributed by atoms with van der Waals surface area (Å²) in [5.41, 5.74) is 0.653. The van der Waals surface area contributed by atoms with Crippen molar-refractivity contribution in [3.63, 3.8) is 0 Å². The lowest BCUT2D eigenvalue weighted by Crippen LogP contribution is -2.51. The number of hydrogen-bond acceptors (Lipinski definition) is 7. The van der Waals surface area contributed by atoms with Crippen molar-refractivity contribution in [3.8, 4) is 0 Å². The third-order valence-electron chi connectivity index (χ3n) is 6.51. The van der Waals surface area contributed by atoms with Crippen molar-refractivity contribution < 1.29 is 9.63 Å². The lowest BCUT2D eigenvalue weighted by molar-refractivity contribution is -0.124. The first-order valence-electron chi connectivity index (χ1n) is 10.0. The van der Waals surface area contributed by atoms with Crippen LogP contribution in [0.5, 0.6) is 0 Å². The number of carbonyl (C=O) groups is 1. The molecule has 0 unspecified atom stereocenters. The highest BCUT2D eigenvalue weighted by Gasteiger charge is 2.46. The number of oxime groups is 1. The maximum Gasteiger partial charge on any atom is 0.271 e. The fraction of sp³-hybridized carbons (Fsp3) is 0.789. The van der Waals surface area contributed by atoms with Crippen LogP contribution in [-0.4, -0.2) is 57.0 Å². The maximum absolute atomic E-state index is 13.0. The van der Waals surface area contributed by atoms with E-state index in [-0.39, 0.29) is 11.5 Å². The smallest absolute Gasteiger partial charge is 0.271 e. The molecule has 28 heavy (non-hydrogen) atoms. The van der Waals surface area contributed by atoms with Gasteiger partial charge >= 0.3 is 0 Å². The van der Waals surface area contributed by atoms with Crippen molar-refractivity contribution in [2.75, 3.05) is 31.1 Å². The quantitative estimate of drug-likeness (QED) is 0.724. The topological polar surface area (TPSA) is 70.9 Å². The number of carbonyl (C=O) groups excluding carboxylic acids is 1. The molecule has 1 aliphatic carbocycles. The fourth-order valence-corrected chi connectivity index (χ4v) is 5.36. The molecule has 0 N–H and O–H groups in total. The van der Waals surface area contributed by atoms with Crippen LogP contribution in [0.4, 0.5) is 5.82 Å². The molecule has 3 heterocycles. The molecule has 0 atom stereocenters. The molecule has 0 radical (unpaired) electrons. The number of anilines is 1. The molecule has 1 amide bonds. The summed E-state index contributed by atoms with van der Waals surface area (Å²) in [6.07, 6.45) is 4.89. The molecule has 1 spiro atoms. The molecule has 1 saturated heterocycles. The molecule has 0 aromatic carbocycles. The van der Waals surface area contributed by atoms with Crippen LogP contribution in [0.1, 0.15) is 52.9 Å². The second-order valence-electron chi connectivity index (χ2n) is 9.29. The number of aromatic nitrogens is 2. The Kier molecular flexibility index (Phi) is 5.29. The predicted molar refractivity (Wildman–Crippen MR) is 111 cm³/mol. The van der Waals surface area contributed by atoms with Gasteiger partial charge in [-0.25, -0.2) is 0 Å². The number of amides is 1. The van der Waals surface area contributed by atoms with Crippen LogP contribution in [0.25, 0.3) is 0 Å². The van der Waals surface area contributed by atoms with Gasteiger partial charge in [0.1, 0.15) is 11.3 Å². The van der Waals surface area contributed by atoms with Gasteiger partial charge in [0.05, 0.1) is 11.7 Å². The number of nitrogens with zero attached hydrogens (tertiary/aromatic N) is 5. The average molecular weight is 426 g/mol. The van der Waals surface area contributed by atoms with Gasteiger partial charge in [-0.15, -0.1) is 0 Å². The van der Waals surface area contributed by atoms with Gasteiger partial charge in [0.25, 0.3) is 5.91 Å². The molecule has 1 aromatic heterocycles. The van der Waals surface area contributed by atoms with Crippen LogP contribution >= 0.6 is 23.3 Å². The summed E-state index contributed by atoms with van der Waals surface area (Å²) < 4.78 is 8.26. The van der Waals surface area contributed by atoms with E-state index in [0.717, 1.165) is 43.2 Å². The predicted octanol–water partition coefficient (Wildman–Crippen LogP) is 3.59. The molecule has 3 aliphatic rings. The third-order valence-corrected chi connectivity index (χ3v) is 7.38. The summed E-state index contributed by atoms with van der Waals surface area (Å²) in [4.78, 5) is 22.8. The van der Waals surface area contributed by atoms with Crippen LogP contribution in [0, 0.1) is 11.3 Å². The Hall–Kier alpha value is -1.41. The van der Waals surface area contributed by atoms with Gasteiger partial charge in [0.2, 0.25) is 0 Å². The summed E-state index contributed by atoms with van der Waals surface area (Å²) in [5, 5.41) is 4.66. The third kappa shape index (κ3) is 3.85. The maximum atomic E-state index is 13.0. The summed E-state index contributed by atoms with van der Waals surface area (Å²) >= 11 is 7.19. The standard InChI is InChI=1S/C19H28ClN5O2S/c1-18(2,3)13-4-6-19(7-5-13)12-14(21-27-19)17(26)25-10-8-24(9-11-25)16-15(20)22-28-23-16/h13H,4-12H2,1-3H3/t13-,19+. The van der Waals surface area contributed by atoms with Crippen LogP contribution in [0.15, 0.2) is 5.16 Å². The Bertz CT molecular complexity index is 759. The molecule has 7 nitrogen and oxygen atoms in total. The molecular formula is C19H28ClN5O2S. The largest absolute Gasteiger partial charge is 0.388 e. The van der Waals surface area contributed by atoms with Gasteiger partial charge in [-0.1, -0.05) is 37.5 Å². The van der Waals surface area contributed by atoms with Crippen LogP contribution in [0.2, 0.25) is 5.15 Å². The van der Waals surface area contributed by atoms with Crippen molar-refractivity contribution >= 4 is 40.8 Å². The van der Waals surface area contributed by atoms with E-state index in [2.05, 4.69) is 39.6 Å². The van der Waals surface area contributed by atoms with Gasteiger partial charge in [0, 0.05) is 32.6 Å². The molecular weight excluding hydrogens is 398 g/mol. The SMILES string of the molecule is CC(C)(C)[C@H]1CC[C@@]2(CC1)CC(C(=O)N1CCN(c3nsnc3Cl)CC1)=NO2. The number of piperazine rings is 1. The minimum atomic E-state index is -0.256. The first kappa shape index (κ1) is 19.9. The van der Waals surface area contributed by atoms with E-state index in [4.69, 9.17) is 16.4 Å². The summed E-state index contributed by atoms with van der Waals surface area (Å²) in [5.74, 6) is 1.44. The monoisotopic (exact) mass is 425 g/mol. The second kappa shape index (κ2) is 7.44. The molecule has 1 aromatic rings. The molecule has 4 rings (SSSR count). The first-order chi connectivity index (χ1) is 13.3.